The zero-order chi connectivity index (χ0) is 23.2. The van der Waals surface area contributed by atoms with Crippen molar-refractivity contribution >= 4 is 39.4 Å². The fraction of sp³-hybridized carbons (Fsp3) is 0.231. The van der Waals surface area contributed by atoms with E-state index in [1.165, 1.54) is 4.90 Å². The topological polar surface area (TPSA) is 66.8 Å². The molecule has 2 aliphatic heterocycles. The third-order valence-corrected chi connectivity index (χ3v) is 8.43. The highest BCUT2D eigenvalue weighted by Crippen LogP contribution is 2.87. The number of piperidine rings is 1. The van der Waals surface area contributed by atoms with Crippen LogP contribution in [0.5, 0.6) is 5.75 Å². The van der Waals surface area contributed by atoms with Gasteiger partial charge in [-0.25, -0.2) is 0 Å². The molecule has 0 radical (unpaired) electrons. The number of amides is 1. The quantitative estimate of drug-likeness (QED) is 0.298. The van der Waals surface area contributed by atoms with E-state index in [1.807, 2.05) is 43.3 Å². The van der Waals surface area contributed by atoms with Crippen LogP contribution in [0.25, 0.3) is 0 Å². The Kier molecular flexibility index (Phi) is 4.24. The predicted octanol–water partition coefficient (Wildman–Crippen LogP) is 5.00. The largest absolute Gasteiger partial charge is 0.425 e. The number of fused-ring (bicyclic) bond motifs is 3. The molecular formula is C26H19BrClNO4. The number of esters is 1. The molecule has 0 aromatic heterocycles. The average molecular weight is 525 g/mol. The SMILES string of the molecule is C[C@]12[C@@H]3c4cc(Br)ccc4OC(=O)[C@@]31C(=O)N(Cc1ccccc1)C2(O)c1ccc(Cl)cc1. The van der Waals surface area contributed by atoms with Gasteiger partial charge in [-0.15, -0.1) is 0 Å². The first-order valence-corrected chi connectivity index (χ1v) is 11.8. The number of likely N-dealkylation sites (tertiary alicyclic amines) is 1. The van der Waals surface area contributed by atoms with E-state index in [0.717, 1.165) is 15.6 Å². The van der Waals surface area contributed by atoms with E-state index in [-0.39, 0.29) is 6.54 Å². The lowest BCUT2D eigenvalue weighted by atomic mass is 9.82. The summed E-state index contributed by atoms with van der Waals surface area (Å²) >= 11 is 9.61. The lowest BCUT2D eigenvalue weighted by Crippen LogP contribution is -2.51. The summed E-state index contributed by atoms with van der Waals surface area (Å²) in [7, 11) is 0. The van der Waals surface area contributed by atoms with Crippen LogP contribution in [0.3, 0.4) is 0 Å². The van der Waals surface area contributed by atoms with Crippen molar-refractivity contribution in [2.75, 3.05) is 0 Å². The number of rotatable bonds is 3. The Morgan fingerprint density at radius 3 is 2.45 bits per heavy atom. The van der Waals surface area contributed by atoms with Gasteiger partial charge in [0.25, 0.3) is 0 Å². The van der Waals surface area contributed by atoms with Crippen molar-refractivity contribution in [3.8, 4) is 5.75 Å². The zero-order valence-electron chi connectivity index (χ0n) is 17.6. The van der Waals surface area contributed by atoms with Crippen molar-refractivity contribution in [1.82, 2.24) is 4.90 Å². The monoisotopic (exact) mass is 523 g/mol. The highest BCUT2D eigenvalue weighted by molar-refractivity contribution is 9.10. The molecule has 1 spiro atoms. The maximum atomic E-state index is 14.1. The van der Waals surface area contributed by atoms with Crippen molar-refractivity contribution < 1.29 is 19.4 Å². The molecule has 1 N–H and O–H groups in total. The molecule has 1 saturated heterocycles. The third-order valence-electron chi connectivity index (χ3n) is 7.68. The number of hydrogen-bond acceptors (Lipinski definition) is 4. The molecule has 7 heteroatoms. The van der Waals surface area contributed by atoms with E-state index in [1.54, 1.807) is 36.4 Å². The maximum absolute atomic E-state index is 14.1. The third kappa shape index (κ3) is 2.36. The molecular weight excluding hydrogens is 506 g/mol. The molecule has 2 fully saturated rings. The van der Waals surface area contributed by atoms with Crippen LogP contribution in [0.15, 0.2) is 77.3 Å². The predicted molar refractivity (Wildman–Crippen MR) is 125 cm³/mol. The van der Waals surface area contributed by atoms with E-state index in [4.69, 9.17) is 16.3 Å². The standard InChI is InChI=1S/C26H19BrClNO4/c1-24-21-19-13-17(27)9-12-20(19)33-23(31)25(21,24)22(30)29(14-15-5-3-2-4-6-15)26(24,32)16-7-10-18(28)11-8-16/h2-13,21,32H,14H2,1H3/t21-,24-,25-,26?/m0/s1. The molecule has 4 atom stereocenters. The number of aliphatic hydroxyl groups is 1. The van der Waals surface area contributed by atoms with E-state index in [2.05, 4.69) is 15.9 Å². The average Bonchev–Trinajstić information content (AvgIpc) is 3.37. The van der Waals surface area contributed by atoms with Crippen LogP contribution >= 0.6 is 27.5 Å². The van der Waals surface area contributed by atoms with Crippen molar-refractivity contribution in [2.45, 2.75) is 25.1 Å². The maximum Gasteiger partial charge on any atom is 0.328 e. The number of benzene rings is 3. The van der Waals surface area contributed by atoms with Gasteiger partial charge in [0.05, 0.1) is 5.41 Å². The molecule has 0 bridgehead atoms. The summed E-state index contributed by atoms with van der Waals surface area (Å²) in [6, 6.07) is 21.6. The van der Waals surface area contributed by atoms with Gasteiger partial charge >= 0.3 is 5.97 Å². The van der Waals surface area contributed by atoms with Gasteiger partial charge in [0.2, 0.25) is 5.91 Å². The van der Waals surface area contributed by atoms with Gasteiger partial charge in [-0.2, -0.15) is 0 Å². The first-order valence-electron chi connectivity index (χ1n) is 10.6. The Morgan fingerprint density at radius 2 is 1.76 bits per heavy atom. The molecule has 3 aliphatic rings. The fourth-order valence-corrected chi connectivity index (χ4v) is 6.66. The van der Waals surface area contributed by atoms with Crippen LogP contribution in [-0.4, -0.2) is 21.9 Å². The fourth-order valence-electron chi connectivity index (χ4n) is 6.15. The van der Waals surface area contributed by atoms with Crippen LogP contribution < -0.4 is 4.74 Å². The molecule has 5 nitrogen and oxygen atoms in total. The molecule has 1 amide bonds. The Labute approximate surface area is 204 Å². The van der Waals surface area contributed by atoms with Crippen molar-refractivity contribution in [1.29, 1.82) is 0 Å². The van der Waals surface area contributed by atoms with Gasteiger partial charge in [-0.05, 0) is 35.9 Å². The van der Waals surface area contributed by atoms with E-state index >= 15 is 0 Å². The summed E-state index contributed by atoms with van der Waals surface area (Å²) in [5, 5.41) is 13.0. The molecule has 1 saturated carbocycles. The number of carbonyl (C=O) groups is 2. The number of ether oxygens (including phenoxy) is 1. The second-order valence-electron chi connectivity index (χ2n) is 9.07. The first kappa shape index (κ1) is 20.9. The van der Waals surface area contributed by atoms with Crippen LogP contribution in [0.1, 0.15) is 29.5 Å². The molecule has 33 heavy (non-hydrogen) atoms. The van der Waals surface area contributed by atoms with E-state index in [0.29, 0.717) is 16.3 Å². The van der Waals surface area contributed by atoms with Gasteiger partial charge in [-0.1, -0.05) is 76.9 Å². The second-order valence-corrected chi connectivity index (χ2v) is 10.4. The first-order chi connectivity index (χ1) is 15.8. The molecule has 166 valence electrons. The van der Waals surface area contributed by atoms with Crippen molar-refractivity contribution in [2.24, 2.45) is 10.8 Å². The van der Waals surface area contributed by atoms with Gasteiger partial charge in [0.15, 0.2) is 11.1 Å². The van der Waals surface area contributed by atoms with Gasteiger partial charge in [0.1, 0.15) is 5.75 Å². The molecule has 6 rings (SSSR count). The molecule has 3 aromatic carbocycles. The summed E-state index contributed by atoms with van der Waals surface area (Å²) in [6.45, 7) is 1.97. The summed E-state index contributed by atoms with van der Waals surface area (Å²) in [4.78, 5) is 29.0. The summed E-state index contributed by atoms with van der Waals surface area (Å²) in [6.07, 6.45) is 0. The number of carbonyl (C=O) groups excluding carboxylic acids is 2. The minimum Gasteiger partial charge on any atom is -0.425 e. The van der Waals surface area contributed by atoms with Gasteiger partial charge in [-0.3, -0.25) is 9.59 Å². The van der Waals surface area contributed by atoms with Crippen molar-refractivity contribution in [3.63, 3.8) is 0 Å². The Balaban J connectivity index is 1.58. The molecule has 1 aliphatic carbocycles. The Hall–Kier alpha value is -2.67. The highest BCUT2D eigenvalue weighted by atomic mass is 79.9. The van der Waals surface area contributed by atoms with Crippen LogP contribution in [0.2, 0.25) is 5.02 Å². The summed E-state index contributed by atoms with van der Waals surface area (Å²) in [5.74, 6) is -1.13. The van der Waals surface area contributed by atoms with E-state index < -0.39 is 34.3 Å². The smallest absolute Gasteiger partial charge is 0.328 e. The summed E-state index contributed by atoms with van der Waals surface area (Å²) in [5.41, 5.74) is -2.28. The minimum atomic E-state index is -1.75. The number of halogens is 2. The van der Waals surface area contributed by atoms with Crippen LogP contribution in [0, 0.1) is 10.8 Å². The highest BCUT2D eigenvalue weighted by Gasteiger charge is 2.96. The molecule has 2 heterocycles. The minimum absolute atomic E-state index is 0.154. The van der Waals surface area contributed by atoms with Crippen molar-refractivity contribution in [3.05, 3.63) is 99.0 Å². The van der Waals surface area contributed by atoms with E-state index in [9.17, 15) is 14.7 Å². The lowest BCUT2D eigenvalue weighted by Gasteiger charge is -2.41. The molecule has 3 aromatic rings. The normalized spacial score (nSPS) is 31.5. The molecule has 1 unspecified atom stereocenters. The number of nitrogens with zero attached hydrogens (tertiary/aromatic N) is 1. The Morgan fingerprint density at radius 1 is 1.06 bits per heavy atom. The van der Waals surface area contributed by atoms with Crippen LogP contribution in [-0.2, 0) is 21.9 Å². The van der Waals surface area contributed by atoms with Gasteiger partial charge < -0.3 is 14.7 Å². The van der Waals surface area contributed by atoms with Gasteiger partial charge in [0, 0.05) is 33.1 Å². The lowest BCUT2D eigenvalue weighted by molar-refractivity contribution is -0.169. The van der Waals surface area contributed by atoms with Crippen LogP contribution in [0.4, 0.5) is 0 Å². The Bertz CT molecular complexity index is 1330. The number of hydrogen-bond donors (Lipinski definition) is 1. The zero-order valence-corrected chi connectivity index (χ0v) is 19.9. The summed E-state index contributed by atoms with van der Waals surface area (Å²) < 4.78 is 6.50. The second kappa shape index (κ2) is 6.69.